The maximum Gasteiger partial charge on any atom is 0.311 e. The lowest BCUT2D eigenvalue weighted by molar-refractivity contribution is -0.147. The van der Waals surface area contributed by atoms with E-state index in [0.717, 1.165) is 12.0 Å². The Morgan fingerprint density at radius 3 is 2.26 bits per heavy atom. The van der Waals surface area contributed by atoms with Crippen LogP contribution < -0.4 is 0 Å². The number of benzene rings is 1. The molecule has 0 bridgehead atoms. The van der Waals surface area contributed by atoms with Crippen LogP contribution in [0.5, 0.6) is 0 Å². The van der Waals surface area contributed by atoms with E-state index in [4.69, 9.17) is 0 Å². The molecule has 0 spiro atoms. The highest BCUT2D eigenvalue weighted by molar-refractivity contribution is 7.91. The molecule has 4 nitrogen and oxygen atoms in total. The van der Waals surface area contributed by atoms with Crippen LogP contribution in [0, 0.1) is 5.41 Å². The van der Waals surface area contributed by atoms with Gasteiger partial charge in [0.15, 0.2) is 9.84 Å². The number of carboxylic acid groups (broad SMARTS) is 1. The Balaban J connectivity index is 2.24. The van der Waals surface area contributed by atoms with Gasteiger partial charge in [0.25, 0.3) is 0 Å². The fraction of sp³-hybridized carbons (Fsp3) is 0.500. The zero-order valence-corrected chi connectivity index (χ0v) is 11.7. The molecule has 1 fully saturated rings. The van der Waals surface area contributed by atoms with Crippen LogP contribution in [0.15, 0.2) is 24.3 Å². The molecule has 2 rings (SSSR count). The van der Waals surface area contributed by atoms with Gasteiger partial charge in [-0.2, -0.15) is 0 Å². The Kier molecular flexibility index (Phi) is 3.67. The molecule has 0 aromatic heterocycles. The van der Waals surface area contributed by atoms with Gasteiger partial charge < -0.3 is 5.11 Å². The molecule has 104 valence electrons. The number of aliphatic carboxylic acids is 1. The van der Waals surface area contributed by atoms with E-state index in [1.54, 1.807) is 0 Å². The molecule has 1 saturated heterocycles. The minimum Gasteiger partial charge on any atom is -0.481 e. The summed E-state index contributed by atoms with van der Waals surface area (Å²) in [6.45, 7) is 2.05. The molecule has 1 heterocycles. The summed E-state index contributed by atoms with van der Waals surface area (Å²) in [6.07, 6.45) is 1.42. The van der Waals surface area contributed by atoms with E-state index in [1.165, 1.54) is 5.56 Å². The van der Waals surface area contributed by atoms with E-state index in [-0.39, 0.29) is 24.3 Å². The molecule has 1 aromatic carbocycles. The zero-order chi connectivity index (χ0) is 14.1. The first kappa shape index (κ1) is 14.1. The smallest absolute Gasteiger partial charge is 0.311 e. The lowest BCUT2D eigenvalue weighted by Crippen LogP contribution is -2.34. The number of hydrogen-bond acceptors (Lipinski definition) is 3. The van der Waals surface area contributed by atoms with Crippen LogP contribution in [-0.2, 0) is 27.5 Å². The molecule has 0 saturated carbocycles. The summed E-state index contributed by atoms with van der Waals surface area (Å²) in [5.41, 5.74) is 0.927. The van der Waals surface area contributed by atoms with Gasteiger partial charge in [-0.25, -0.2) is 8.42 Å². The van der Waals surface area contributed by atoms with Crippen LogP contribution in [0.3, 0.4) is 0 Å². The fourth-order valence-electron chi connectivity index (χ4n) is 2.58. The van der Waals surface area contributed by atoms with E-state index in [0.29, 0.717) is 0 Å². The minimum absolute atomic E-state index is 0.0215. The van der Waals surface area contributed by atoms with E-state index in [1.807, 2.05) is 24.3 Å². The van der Waals surface area contributed by atoms with Crippen molar-refractivity contribution in [1.29, 1.82) is 0 Å². The third-order valence-electron chi connectivity index (χ3n) is 3.82. The van der Waals surface area contributed by atoms with Crippen molar-refractivity contribution in [3.05, 3.63) is 35.4 Å². The van der Waals surface area contributed by atoms with E-state index >= 15 is 0 Å². The lowest BCUT2D eigenvalue weighted by Gasteiger charge is -2.22. The quantitative estimate of drug-likeness (QED) is 0.912. The summed E-state index contributed by atoms with van der Waals surface area (Å²) in [7, 11) is -3.21. The number of rotatable bonds is 4. The Morgan fingerprint density at radius 1 is 1.26 bits per heavy atom. The summed E-state index contributed by atoms with van der Waals surface area (Å²) in [5, 5.41) is 9.39. The Labute approximate surface area is 113 Å². The largest absolute Gasteiger partial charge is 0.481 e. The van der Waals surface area contributed by atoms with E-state index in [9.17, 15) is 18.3 Å². The highest BCUT2D eigenvalue weighted by Crippen LogP contribution is 2.36. The molecule has 1 aliphatic rings. The Hall–Kier alpha value is -1.36. The second kappa shape index (κ2) is 4.96. The predicted octanol–water partition coefficient (Wildman–Crippen LogP) is 1.68. The van der Waals surface area contributed by atoms with E-state index in [2.05, 4.69) is 6.92 Å². The van der Waals surface area contributed by atoms with Gasteiger partial charge >= 0.3 is 5.97 Å². The molecule has 1 atom stereocenters. The van der Waals surface area contributed by atoms with Crippen molar-refractivity contribution < 1.29 is 18.3 Å². The predicted molar refractivity (Wildman–Crippen MR) is 72.9 cm³/mol. The maximum absolute atomic E-state index is 11.6. The van der Waals surface area contributed by atoms with Crippen LogP contribution in [-0.4, -0.2) is 31.0 Å². The summed E-state index contributed by atoms with van der Waals surface area (Å²) in [6, 6.07) is 7.73. The number of aryl methyl sites for hydroxylation is 1. The van der Waals surface area contributed by atoms with Crippen LogP contribution in [0.1, 0.15) is 24.5 Å². The summed E-state index contributed by atoms with van der Waals surface area (Å²) < 4.78 is 23.2. The van der Waals surface area contributed by atoms with Crippen molar-refractivity contribution in [2.75, 3.05) is 11.5 Å². The standard InChI is InChI=1S/C14H18O4S/c1-2-11-3-5-12(6-4-11)9-14(13(15)16)7-8-19(17,18)10-14/h3-6H,2,7-10H2,1H3,(H,15,16). The Bertz CT molecular complexity index is 574. The third-order valence-corrected chi connectivity index (χ3v) is 5.63. The number of sulfone groups is 1. The topological polar surface area (TPSA) is 71.4 Å². The number of carboxylic acids is 1. The molecule has 1 aliphatic heterocycles. The molecule has 1 aromatic rings. The molecule has 1 N–H and O–H groups in total. The van der Waals surface area contributed by atoms with Gasteiger partial charge in [0.2, 0.25) is 0 Å². The Morgan fingerprint density at radius 2 is 1.84 bits per heavy atom. The summed E-state index contributed by atoms with van der Waals surface area (Å²) >= 11 is 0. The van der Waals surface area contributed by atoms with Gasteiger partial charge in [0.1, 0.15) is 0 Å². The van der Waals surface area contributed by atoms with Crippen LogP contribution in [0.4, 0.5) is 0 Å². The van der Waals surface area contributed by atoms with Gasteiger partial charge in [-0.3, -0.25) is 4.79 Å². The molecule has 0 radical (unpaired) electrons. The molecule has 5 heteroatoms. The SMILES string of the molecule is CCc1ccc(CC2(C(=O)O)CCS(=O)(=O)C2)cc1. The molecular weight excluding hydrogens is 264 g/mol. The van der Waals surface area contributed by atoms with Crippen molar-refractivity contribution in [3.63, 3.8) is 0 Å². The van der Waals surface area contributed by atoms with Gasteiger partial charge in [-0.05, 0) is 30.4 Å². The third kappa shape index (κ3) is 2.97. The zero-order valence-electron chi connectivity index (χ0n) is 10.9. The highest BCUT2D eigenvalue weighted by atomic mass is 32.2. The van der Waals surface area contributed by atoms with Crippen molar-refractivity contribution in [3.8, 4) is 0 Å². The lowest BCUT2D eigenvalue weighted by atomic mass is 9.81. The molecule has 0 aliphatic carbocycles. The van der Waals surface area contributed by atoms with Crippen LogP contribution in [0.2, 0.25) is 0 Å². The number of carbonyl (C=O) groups is 1. The first-order chi connectivity index (χ1) is 8.87. The van der Waals surface area contributed by atoms with E-state index < -0.39 is 21.2 Å². The minimum atomic E-state index is -3.21. The average Bonchev–Trinajstić information content (AvgIpc) is 2.67. The summed E-state index contributed by atoms with van der Waals surface area (Å²) in [5.74, 6) is -1.27. The molecule has 1 unspecified atom stereocenters. The molecular formula is C14H18O4S. The van der Waals surface area contributed by atoms with Gasteiger partial charge in [0.05, 0.1) is 16.9 Å². The van der Waals surface area contributed by atoms with Crippen LogP contribution >= 0.6 is 0 Å². The van der Waals surface area contributed by atoms with Crippen LogP contribution in [0.25, 0.3) is 0 Å². The average molecular weight is 282 g/mol. The maximum atomic E-state index is 11.6. The second-order valence-corrected chi connectivity index (χ2v) is 7.46. The van der Waals surface area contributed by atoms with Gasteiger partial charge in [-0.1, -0.05) is 31.2 Å². The fourth-order valence-corrected chi connectivity index (χ4v) is 4.64. The monoisotopic (exact) mass is 282 g/mol. The van der Waals surface area contributed by atoms with Crippen molar-refractivity contribution in [2.45, 2.75) is 26.2 Å². The van der Waals surface area contributed by atoms with Gasteiger partial charge in [0, 0.05) is 0 Å². The summed E-state index contributed by atoms with van der Waals surface area (Å²) in [4.78, 5) is 11.5. The van der Waals surface area contributed by atoms with Crippen molar-refractivity contribution >= 4 is 15.8 Å². The molecule has 19 heavy (non-hydrogen) atoms. The van der Waals surface area contributed by atoms with Gasteiger partial charge in [-0.15, -0.1) is 0 Å². The highest BCUT2D eigenvalue weighted by Gasteiger charge is 2.48. The van der Waals surface area contributed by atoms with Crippen molar-refractivity contribution in [1.82, 2.24) is 0 Å². The first-order valence-corrected chi connectivity index (χ1v) is 8.21. The normalized spacial score (nSPS) is 25.3. The first-order valence-electron chi connectivity index (χ1n) is 6.38. The van der Waals surface area contributed by atoms with Crippen molar-refractivity contribution in [2.24, 2.45) is 5.41 Å². The second-order valence-electron chi connectivity index (χ2n) is 5.27. The molecule has 0 amide bonds. The number of hydrogen-bond donors (Lipinski definition) is 1.